The van der Waals surface area contributed by atoms with E-state index in [1.165, 1.54) is 18.2 Å². The van der Waals surface area contributed by atoms with Crippen molar-refractivity contribution >= 4 is 12.0 Å². The predicted molar refractivity (Wildman–Crippen MR) is 123 cm³/mol. The van der Waals surface area contributed by atoms with Gasteiger partial charge in [-0.15, -0.1) is 0 Å². The molecule has 1 unspecified atom stereocenters. The quantitative estimate of drug-likeness (QED) is 0.304. The van der Waals surface area contributed by atoms with Crippen LogP contribution < -0.4 is 4.74 Å². The van der Waals surface area contributed by atoms with Gasteiger partial charge in [0.15, 0.2) is 23.2 Å². The summed E-state index contributed by atoms with van der Waals surface area (Å²) in [4.78, 5) is 12.4. The molecule has 0 saturated carbocycles. The topological polar surface area (TPSA) is 26.3 Å². The van der Waals surface area contributed by atoms with Crippen molar-refractivity contribution in [3.05, 3.63) is 119 Å². The van der Waals surface area contributed by atoms with Crippen molar-refractivity contribution in [3.8, 4) is 16.9 Å². The lowest BCUT2D eigenvalue weighted by Crippen LogP contribution is -2.14. The molecule has 0 amide bonds. The van der Waals surface area contributed by atoms with Gasteiger partial charge in [0.05, 0.1) is 5.57 Å². The summed E-state index contributed by atoms with van der Waals surface area (Å²) in [5.74, 6) is -3.78. The lowest BCUT2D eigenvalue weighted by molar-refractivity contribution is -0.130. The monoisotopic (exact) mass is 446 g/mol. The number of aryl methyl sites for hydroxylation is 1. The molecule has 0 spiro atoms. The molecule has 0 radical (unpaired) electrons. The summed E-state index contributed by atoms with van der Waals surface area (Å²) >= 11 is 0. The summed E-state index contributed by atoms with van der Waals surface area (Å²) in [6.45, 7) is 5.41. The molecular weight excluding hydrogens is 425 g/mol. The van der Waals surface area contributed by atoms with E-state index in [2.05, 4.69) is 6.58 Å². The zero-order valence-corrected chi connectivity index (χ0v) is 17.9. The van der Waals surface area contributed by atoms with E-state index in [4.69, 9.17) is 4.74 Å². The van der Waals surface area contributed by atoms with Crippen LogP contribution in [0.5, 0.6) is 5.75 Å². The molecule has 5 heteroatoms. The van der Waals surface area contributed by atoms with E-state index in [0.717, 1.165) is 5.56 Å². The van der Waals surface area contributed by atoms with E-state index in [1.54, 1.807) is 67.6 Å². The van der Waals surface area contributed by atoms with Gasteiger partial charge in [0.1, 0.15) is 0 Å². The summed E-state index contributed by atoms with van der Waals surface area (Å²) < 4.78 is 48.8. The maximum atomic E-state index is 14.9. The van der Waals surface area contributed by atoms with Gasteiger partial charge in [-0.1, -0.05) is 73.3 Å². The highest BCUT2D eigenvalue weighted by molar-refractivity contribution is 5.93. The van der Waals surface area contributed by atoms with Crippen molar-refractivity contribution in [2.24, 2.45) is 0 Å². The Kier molecular flexibility index (Phi) is 6.31. The third-order valence-corrected chi connectivity index (χ3v) is 5.59. The Balaban J connectivity index is 1.50. The number of carbonyl (C=O) groups is 1. The summed E-state index contributed by atoms with van der Waals surface area (Å²) in [5, 5.41) is 0. The van der Waals surface area contributed by atoms with Crippen molar-refractivity contribution in [2.45, 2.75) is 19.3 Å². The van der Waals surface area contributed by atoms with Crippen LogP contribution in [-0.4, -0.2) is 5.97 Å². The van der Waals surface area contributed by atoms with Crippen LogP contribution >= 0.6 is 0 Å². The lowest BCUT2D eigenvalue weighted by Gasteiger charge is -2.18. The van der Waals surface area contributed by atoms with E-state index < -0.39 is 29.3 Å². The van der Waals surface area contributed by atoms with Crippen LogP contribution in [0.25, 0.3) is 17.2 Å². The van der Waals surface area contributed by atoms with Gasteiger partial charge in [-0.3, -0.25) is 0 Å². The largest absolute Gasteiger partial charge is 0.420 e. The number of halogens is 3. The fraction of sp³-hybridized carbons (Fsp3) is 0.107. The molecule has 0 saturated heterocycles. The molecule has 3 aromatic rings. The van der Waals surface area contributed by atoms with Gasteiger partial charge in [0, 0.05) is 11.5 Å². The minimum atomic E-state index is -0.920. The molecule has 0 aliphatic heterocycles. The predicted octanol–water partition coefficient (Wildman–Crippen LogP) is 7.30. The van der Waals surface area contributed by atoms with E-state index in [1.807, 2.05) is 0 Å². The molecule has 3 aromatic carbocycles. The first-order valence-electron chi connectivity index (χ1n) is 10.4. The Hall–Kier alpha value is -3.86. The number of esters is 1. The fourth-order valence-corrected chi connectivity index (χ4v) is 3.72. The number of rotatable bonds is 5. The Bertz CT molecular complexity index is 1290. The van der Waals surface area contributed by atoms with Gasteiger partial charge in [-0.25, -0.2) is 18.0 Å². The van der Waals surface area contributed by atoms with E-state index in [9.17, 15) is 18.0 Å². The van der Waals surface area contributed by atoms with Gasteiger partial charge in [0.2, 0.25) is 0 Å². The molecule has 1 atom stereocenters. The van der Waals surface area contributed by atoms with Crippen LogP contribution in [0.4, 0.5) is 13.2 Å². The Morgan fingerprint density at radius 1 is 1.03 bits per heavy atom. The summed E-state index contributed by atoms with van der Waals surface area (Å²) in [5.41, 5.74) is 2.76. The third-order valence-electron chi connectivity index (χ3n) is 5.59. The Morgan fingerprint density at radius 2 is 1.79 bits per heavy atom. The number of benzene rings is 3. The Morgan fingerprint density at radius 3 is 2.42 bits per heavy atom. The SMILES string of the molecule is C=Cc1ccc(-c2ccc(C3C=CC(C(=O)Oc4ccc(C)cc4F)=CC3)c(F)c2F)cc1. The minimum absolute atomic E-state index is 0.160. The molecule has 1 aliphatic carbocycles. The van der Waals surface area contributed by atoms with E-state index in [0.29, 0.717) is 11.1 Å². The summed E-state index contributed by atoms with van der Waals surface area (Å²) in [6, 6.07) is 14.4. The molecule has 0 N–H and O–H groups in total. The van der Waals surface area contributed by atoms with Crippen LogP contribution in [0, 0.1) is 24.4 Å². The smallest absolute Gasteiger partial charge is 0.343 e. The molecule has 0 bridgehead atoms. The highest BCUT2D eigenvalue weighted by Crippen LogP contribution is 2.34. The van der Waals surface area contributed by atoms with Crippen LogP contribution in [0.1, 0.15) is 29.0 Å². The first-order chi connectivity index (χ1) is 15.9. The fourth-order valence-electron chi connectivity index (χ4n) is 3.72. The second-order valence-electron chi connectivity index (χ2n) is 7.84. The van der Waals surface area contributed by atoms with Gasteiger partial charge < -0.3 is 4.74 Å². The van der Waals surface area contributed by atoms with Crippen molar-refractivity contribution in [3.63, 3.8) is 0 Å². The average molecular weight is 446 g/mol. The normalized spacial score (nSPS) is 15.2. The number of allylic oxidation sites excluding steroid dienone is 2. The van der Waals surface area contributed by atoms with Crippen LogP contribution in [0.15, 0.2) is 85.0 Å². The van der Waals surface area contributed by atoms with Crippen molar-refractivity contribution in [1.82, 2.24) is 0 Å². The van der Waals surface area contributed by atoms with Crippen LogP contribution in [0.3, 0.4) is 0 Å². The zero-order chi connectivity index (χ0) is 23.5. The van der Waals surface area contributed by atoms with Crippen molar-refractivity contribution in [2.75, 3.05) is 0 Å². The Labute approximate surface area is 190 Å². The van der Waals surface area contributed by atoms with Crippen LogP contribution in [0.2, 0.25) is 0 Å². The number of hydrogen-bond acceptors (Lipinski definition) is 2. The van der Waals surface area contributed by atoms with Gasteiger partial charge in [-0.05, 0) is 47.7 Å². The summed E-state index contributed by atoms with van der Waals surface area (Å²) in [6.07, 6.45) is 6.65. The van der Waals surface area contributed by atoms with Crippen molar-refractivity contribution in [1.29, 1.82) is 0 Å². The highest BCUT2D eigenvalue weighted by atomic mass is 19.2. The maximum Gasteiger partial charge on any atom is 0.343 e. The number of ether oxygens (including phenoxy) is 1. The first-order valence-corrected chi connectivity index (χ1v) is 10.4. The zero-order valence-electron chi connectivity index (χ0n) is 17.9. The summed E-state index contributed by atoms with van der Waals surface area (Å²) in [7, 11) is 0. The molecule has 0 aromatic heterocycles. The number of carbonyl (C=O) groups excluding carboxylic acids is 1. The maximum absolute atomic E-state index is 14.9. The second kappa shape index (κ2) is 9.33. The standard InChI is InChI=1S/C28H21F3O2/c1-3-18-5-7-19(8-6-18)22-13-14-23(27(31)26(22)30)20-9-11-21(12-10-20)28(32)33-25-15-4-17(2)16-24(25)29/h3-9,11-16,20H,1,10H2,2H3. The average Bonchev–Trinajstić information content (AvgIpc) is 2.83. The molecule has 2 nitrogen and oxygen atoms in total. The van der Waals surface area contributed by atoms with Crippen LogP contribution in [-0.2, 0) is 4.79 Å². The van der Waals surface area contributed by atoms with Crippen molar-refractivity contribution < 1.29 is 22.7 Å². The van der Waals surface area contributed by atoms with Gasteiger partial charge >= 0.3 is 5.97 Å². The number of hydrogen-bond donors (Lipinski definition) is 0. The van der Waals surface area contributed by atoms with Gasteiger partial charge in [-0.2, -0.15) is 0 Å². The molecule has 0 heterocycles. The minimum Gasteiger partial charge on any atom is -0.420 e. The molecule has 4 rings (SSSR count). The van der Waals surface area contributed by atoms with Gasteiger partial charge in [0.25, 0.3) is 0 Å². The molecular formula is C28H21F3O2. The molecule has 33 heavy (non-hydrogen) atoms. The third kappa shape index (κ3) is 4.67. The second-order valence-corrected chi connectivity index (χ2v) is 7.84. The molecule has 166 valence electrons. The molecule has 1 aliphatic rings. The highest BCUT2D eigenvalue weighted by Gasteiger charge is 2.23. The first kappa shape index (κ1) is 22.3. The molecule has 0 fully saturated rings. The van der Waals surface area contributed by atoms with E-state index in [-0.39, 0.29) is 28.9 Å². The lowest BCUT2D eigenvalue weighted by atomic mass is 9.88. The van der Waals surface area contributed by atoms with E-state index >= 15 is 0 Å².